The van der Waals surface area contributed by atoms with Gasteiger partial charge in [-0.25, -0.2) is 4.79 Å². The van der Waals surface area contributed by atoms with Gasteiger partial charge in [0, 0.05) is 28.4 Å². The minimum Gasteiger partial charge on any atom is -0.445 e. The van der Waals surface area contributed by atoms with Gasteiger partial charge in [-0.1, -0.05) is 37.3 Å². The molecule has 1 aromatic carbocycles. The first kappa shape index (κ1) is 17.5. The number of hydrogen-bond acceptors (Lipinski definition) is 5. The smallest absolute Gasteiger partial charge is 0.407 e. The fraction of sp³-hybridized carbons (Fsp3) is 0.235. The van der Waals surface area contributed by atoms with Crippen molar-refractivity contribution >= 4 is 33.0 Å². The Bertz CT molecular complexity index is 787. The number of benzene rings is 1. The molecule has 0 aliphatic carbocycles. The number of hydrogen-bond donors (Lipinski definition) is 2. The summed E-state index contributed by atoms with van der Waals surface area (Å²) in [4.78, 5) is 20.5. The highest BCUT2D eigenvalue weighted by molar-refractivity contribution is 9.18. The van der Waals surface area contributed by atoms with Crippen molar-refractivity contribution in [3.8, 4) is 0 Å². The Balaban J connectivity index is 1.57. The van der Waals surface area contributed by atoms with Crippen LogP contribution < -0.4 is 11.2 Å². The number of fused-ring (bicyclic) bond motifs is 1. The molecule has 3 N–H and O–H groups in total. The normalized spacial score (nSPS) is 22.4. The second kappa shape index (κ2) is 7.30. The number of allylic oxidation sites excluding steroid dienone is 1. The molecule has 0 radical (unpaired) electrons. The summed E-state index contributed by atoms with van der Waals surface area (Å²) in [5, 5.41) is 2.76. The summed E-state index contributed by atoms with van der Waals surface area (Å²) in [6.07, 6.45) is 4.60. The molecule has 8 heteroatoms. The highest BCUT2D eigenvalue weighted by Gasteiger charge is 2.43. The van der Waals surface area contributed by atoms with E-state index < -0.39 is 6.09 Å². The van der Waals surface area contributed by atoms with Crippen molar-refractivity contribution in [1.82, 2.24) is 5.32 Å². The molecule has 1 amide bonds. The second-order valence-electron chi connectivity index (χ2n) is 5.85. The topological polar surface area (TPSA) is 89.1 Å². The fourth-order valence-electron chi connectivity index (χ4n) is 2.56. The molecule has 7 nitrogen and oxygen atoms in total. The third-order valence-corrected chi connectivity index (χ3v) is 4.76. The predicted octanol–water partition coefficient (Wildman–Crippen LogP) is 2.77. The third-order valence-electron chi connectivity index (χ3n) is 4.00. The molecule has 0 aromatic heterocycles. The van der Waals surface area contributed by atoms with Crippen molar-refractivity contribution in [3.05, 3.63) is 59.7 Å². The Morgan fingerprint density at radius 3 is 2.92 bits per heavy atom. The minimum absolute atomic E-state index is 0.0401. The maximum atomic E-state index is 11.9. The first-order valence-electron chi connectivity index (χ1n) is 7.83. The molecule has 0 saturated carbocycles. The second-order valence-corrected chi connectivity index (χ2v) is 6.56. The summed E-state index contributed by atoms with van der Waals surface area (Å²) in [5.41, 5.74) is 2.50. The first-order chi connectivity index (χ1) is 12.0. The number of quaternary nitrogens is 1. The molecule has 2 atom stereocenters. The van der Waals surface area contributed by atoms with Gasteiger partial charge in [-0.05, 0) is 5.56 Å². The van der Waals surface area contributed by atoms with Gasteiger partial charge in [0.1, 0.15) is 18.5 Å². The number of nitrogens with two attached hydrogens (primary N) is 1. The fourth-order valence-corrected chi connectivity index (χ4v) is 3.06. The Labute approximate surface area is 154 Å². The molecule has 0 fully saturated rings. The van der Waals surface area contributed by atoms with Crippen LogP contribution in [0.4, 0.5) is 4.79 Å². The summed E-state index contributed by atoms with van der Waals surface area (Å²) in [6.45, 7) is 2.58. The largest absolute Gasteiger partial charge is 0.445 e. The van der Waals surface area contributed by atoms with E-state index >= 15 is 0 Å². The summed E-state index contributed by atoms with van der Waals surface area (Å²) in [5.74, 6) is 6.27. The van der Waals surface area contributed by atoms with Crippen LogP contribution >= 0.6 is 15.9 Å². The van der Waals surface area contributed by atoms with Gasteiger partial charge in [0.2, 0.25) is 5.70 Å². The Hall–Kier alpha value is -2.29. The maximum Gasteiger partial charge on any atom is 0.407 e. The molecule has 3 rings (SSSR count). The van der Waals surface area contributed by atoms with Crippen LogP contribution in [0.1, 0.15) is 12.5 Å². The third kappa shape index (κ3) is 3.71. The lowest BCUT2D eigenvalue weighted by Gasteiger charge is -2.23. The van der Waals surface area contributed by atoms with Crippen LogP contribution in [0.25, 0.3) is 0 Å². The highest BCUT2D eigenvalue weighted by atomic mass is 79.9. The molecule has 0 saturated heterocycles. The van der Waals surface area contributed by atoms with E-state index in [-0.39, 0.29) is 17.1 Å². The summed E-state index contributed by atoms with van der Waals surface area (Å²) >= 11 is 3.41. The van der Waals surface area contributed by atoms with Crippen LogP contribution in [-0.2, 0) is 11.3 Å². The van der Waals surface area contributed by atoms with Crippen molar-refractivity contribution in [1.29, 1.82) is 0 Å². The lowest BCUT2D eigenvalue weighted by Crippen LogP contribution is -2.50. The molecular formula is C17H19BrN5O2+. The summed E-state index contributed by atoms with van der Waals surface area (Å²) in [7, 11) is 0. The van der Waals surface area contributed by atoms with Crippen LogP contribution in [0.15, 0.2) is 64.1 Å². The molecular weight excluding hydrogens is 386 g/mol. The molecule has 1 aromatic rings. The van der Waals surface area contributed by atoms with E-state index in [0.717, 1.165) is 17.0 Å². The summed E-state index contributed by atoms with van der Waals surface area (Å²) < 4.78 is 5.75. The SMILES string of the molecule is CC(CNC(=O)OCc1ccccc1)C1=C2C=NC=C[N+]2(N)C(Br)=N1. The van der Waals surface area contributed by atoms with Crippen LogP contribution in [0.2, 0.25) is 0 Å². The number of halogens is 1. The van der Waals surface area contributed by atoms with Gasteiger partial charge in [0.05, 0.1) is 12.4 Å². The van der Waals surface area contributed by atoms with E-state index in [4.69, 9.17) is 10.6 Å². The van der Waals surface area contributed by atoms with Crippen LogP contribution in [0, 0.1) is 5.92 Å². The number of amides is 1. The number of nitrogens with zero attached hydrogens (tertiary/aromatic N) is 3. The number of nitrogens with one attached hydrogen (secondary N) is 1. The zero-order valence-electron chi connectivity index (χ0n) is 13.7. The molecule has 130 valence electrons. The number of carbonyl (C=O) groups excluding carboxylic acids is 1. The number of amidine groups is 1. The minimum atomic E-state index is -0.465. The monoisotopic (exact) mass is 404 g/mol. The van der Waals surface area contributed by atoms with Gasteiger partial charge in [-0.3, -0.25) is 4.99 Å². The van der Waals surface area contributed by atoms with Crippen LogP contribution in [0.3, 0.4) is 0 Å². The van der Waals surface area contributed by atoms with Gasteiger partial charge < -0.3 is 10.1 Å². The number of rotatable bonds is 5. The molecule has 2 unspecified atom stereocenters. The van der Waals surface area contributed by atoms with E-state index in [2.05, 4.69) is 31.2 Å². The quantitative estimate of drug-likeness (QED) is 0.449. The zero-order valence-corrected chi connectivity index (χ0v) is 15.3. The van der Waals surface area contributed by atoms with Crippen LogP contribution in [-0.4, -0.2) is 28.2 Å². The summed E-state index contributed by atoms with van der Waals surface area (Å²) in [6, 6.07) is 9.53. The van der Waals surface area contributed by atoms with Gasteiger partial charge >= 0.3 is 10.8 Å². The maximum absolute atomic E-state index is 11.9. The standard InChI is InChI=1S/C17H18BrN5O2/c1-12(9-21-17(24)25-11-13-5-3-2-4-6-13)15-14-10-20-7-8-23(14,19)16(18)22-15/h2-8,10,12H,9,11,19H2,1H3/p+1. The number of ether oxygens (including phenoxy) is 1. The molecule has 2 aliphatic rings. The van der Waals surface area contributed by atoms with Crippen LogP contribution in [0.5, 0.6) is 0 Å². The molecule has 0 bridgehead atoms. The molecule has 0 spiro atoms. The van der Waals surface area contributed by atoms with E-state index in [1.54, 1.807) is 18.6 Å². The molecule has 25 heavy (non-hydrogen) atoms. The predicted molar refractivity (Wildman–Crippen MR) is 99.3 cm³/mol. The van der Waals surface area contributed by atoms with Gasteiger partial charge in [0.15, 0.2) is 0 Å². The van der Waals surface area contributed by atoms with Crippen molar-refractivity contribution in [2.45, 2.75) is 13.5 Å². The lowest BCUT2D eigenvalue weighted by atomic mass is 10.1. The van der Waals surface area contributed by atoms with Crippen molar-refractivity contribution in [3.63, 3.8) is 0 Å². The molecule has 2 heterocycles. The van der Waals surface area contributed by atoms with E-state index in [1.807, 2.05) is 37.3 Å². The Morgan fingerprint density at radius 1 is 1.40 bits per heavy atom. The average Bonchev–Trinajstić information content (AvgIpc) is 2.90. The first-order valence-corrected chi connectivity index (χ1v) is 8.62. The van der Waals surface area contributed by atoms with E-state index in [9.17, 15) is 4.79 Å². The van der Waals surface area contributed by atoms with Crippen molar-refractivity contribution in [2.24, 2.45) is 21.7 Å². The number of alkyl carbamates (subject to hydrolysis) is 1. The Kier molecular flexibility index (Phi) is 5.12. The van der Waals surface area contributed by atoms with Crippen molar-refractivity contribution in [2.75, 3.05) is 6.54 Å². The Morgan fingerprint density at radius 2 is 2.16 bits per heavy atom. The lowest BCUT2D eigenvalue weighted by molar-refractivity contribution is -0.746. The zero-order chi connectivity index (χ0) is 17.9. The van der Waals surface area contributed by atoms with Gasteiger partial charge in [-0.15, -0.1) is 4.59 Å². The van der Waals surface area contributed by atoms with E-state index in [1.165, 1.54) is 0 Å². The number of aliphatic imine (C=N–C) groups is 2. The van der Waals surface area contributed by atoms with E-state index in [0.29, 0.717) is 11.3 Å². The molecule has 2 aliphatic heterocycles. The average molecular weight is 405 g/mol. The van der Waals surface area contributed by atoms with Gasteiger partial charge in [0.25, 0.3) is 0 Å². The van der Waals surface area contributed by atoms with Crippen molar-refractivity contribution < 1.29 is 14.1 Å². The highest BCUT2D eigenvalue weighted by Crippen LogP contribution is 2.33. The number of carbonyl (C=O) groups is 1. The van der Waals surface area contributed by atoms with Gasteiger partial charge in [-0.2, -0.15) is 10.8 Å².